The lowest BCUT2D eigenvalue weighted by Crippen LogP contribution is -2.14. The smallest absolute Gasteiger partial charge is 0.267 e. The summed E-state index contributed by atoms with van der Waals surface area (Å²) in [7, 11) is 0. The number of aryl methyl sites for hydroxylation is 1. The maximum absolute atomic E-state index is 11.4. The topological polar surface area (TPSA) is 58.6 Å². The maximum Gasteiger partial charge on any atom is 0.267 e. The minimum Gasteiger partial charge on any atom is -0.488 e. The van der Waals surface area contributed by atoms with Crippen molar-refractivity contribution in [1.82, 2.24) is 5.48 Å². The van der Waals surface area contributed by atoms with Crippen LogP contribution in [0.4, 0.5) is 0 Å². The predicted octanol–water partition coefficient (Wildman–Crippen LogP) is 5.36. The van der Waals surface area contributed by atoms with Crippen molar-refractivity contribution in [2.45, 2.75) is 33.8 Å². The third-order valence-corrected chi connectivity index (χ3v) is 4.59. The zero-order valence-corrected chi connectivity index (χ0v) is 17.3. The van der Waals surface area contributed by atoms with Gasteiger partial charge >= 0.3 is 0 Å². The molecule has 0 spiro atoms. The molecule has 0 saturated carbocycles. The molecule has 27 heavy (non-hydrogen) atoms. The number of hydroxylamine groups is 1. The molecule has 0 aliphatic rings. The minimum absolute atomic E-state index is 0.422. The van der Waals surface area contributed by atoms with Crippen LogP contribution in [0, 0.1) is 6.92 Å². The van der Waals surface area contributed by atoms with Gasteiger partial charge in [0.15, 0.2) is 0 Å². The molecular formula is C22H24BrNO3. The number of carbonyl (C=O) groups is 1. The molecular weight excluding hydrogens is 406 g/mol. The Bertz CT molecular complexity index is 851. The first-order chi connectivity index (χ1) is 12.9. The van der Waals surface area contributed by atoms with Crippen LogP contribution in [0.25, 0.3) is 6.08 Å². The second kappa shape index (κ2) is 10.1. The van der Waals surface area contributed by atoms with E-state index in [2.05, 4.69) is 42.8 Å². The molecule has 0 aromatic heterocycles. The third-order valence-electron chi connectivity index (χ3n) is 4.06. The van der Waals surface area contributed by atoms with Crippen LogP contribution in [0.1, 0.15) is 36.1 Å². The molecule has 5 heteroatoms. The van der Waals surface area contributed by atoms with E-state index >= 15 is 0 Å². The van der Waals surface area contributed by atoms with Crippen molar-refractivity contribution in [2.24, 2.45) is 0 Å². The van der Waals surface area contributed by atoms with Crippen molar-refractivity contribution < 1.29 is 14.7 Å². The van der Waals surface area contributed by atoms with E-state index < -0.39 is 5.91 Å². The van der Waals surface area contributed by atoms with Crippen LogP contribution in [0.15, 0.2) is 58.6 Å². The molecule has 0 radical (unpaired) electrons. The number of rotatable bonds is 7. The summed E-state index contributed by atoms with van der Waals surface area (Å²) in [6.07, 6.45) is 5.83. The lowest BCUT2D eigenvalue weighted by atomic mass is 9.99. The number of nitrogens with one attached hydrogen (secondary N) is 1. The van der Waals surface area contributed by atoms with Crippen LogP contribution in [-0.2, 0) is 17.8 Å². The Balaban J connectivity index is 2.39. The van der Waals surface area contributed by atoms with Crippen LogP contribution in [0.3, 0.4) is 0 Å². The van der Waals surface area contributed by atoms with Gasteiger partial charge in [0.2, 0.25) is 0 Å². The number of halogens is 1. The first kappa shape index (κ1) is 20.9. The molecule has 0 bridgehead atoms. The quantitative estimate of drug-likeness (QED) is 0.269. The van der Waals surface area contributed by atoms with Crippen molar-refractivity contribution in [1.29, 1.82) is 0 Å². The summed E-state index contributed by atoms with van der Waals surface area (Å²) in [5.41, 5.74) is 6.89. The van der Waals surface area contributed by atoms with Gasteiger partial charge < -0.3 is 4.74 Å². The first-order valence-corrected chi connectivity index (χ1v) is 9.45. The van der Waals surface area contributed by atoms with E-state index in [0.29, 0.717) is 6.61 Å². The molecule has 2 aromatic carbocycles. The molecule has 0 saturated heterocycles. The Morgan fingerprint density at radius 1 is 1.19 bits per heavy atom. The Kier molecular flexibility index (Phi) is 7.82. The molecule has 4 nitrogen and oxygen atoms in total. The zero-order valence-electron chi connectivity index (χ0n) is 15.8. The van der Waals surface area contributed by atoms with Gasteiger partial charge in [-0.15, -0.1) is 0 Å². The summed E-state index contributed by atoms with van der Waals surface area (Å²) in [4.78, 5) is 11.4. The lowest BCUT2D eigenvalue weighted by Gasteiger charge is -2.16. The summed E-state index contributed by atoms with van der Waals surface area (Å²) in [6.45, 7) is 6.60. The average molecular weight is 430 g/mol. The van der Waals surface area contributed by atoms with Crippen LogP contribution < -0.4 is 10.2 Å². The van der Waals surface area contributed by atoms with Gasteiger partial charge in [-0.05, 0) is 56.5 Å². The minimum atomic E-state index is -0.583. The second-order valence-corrected chi connectivity index (χ2v) is 7.41. The molecule has 142 valence electrons. The standard InChI is InChI=1S/C22H24BrNO3/c1-15(2)4-12-20-16(3)5-8-18(9-13-21(25)24-26)22(20)27-14-17-6-10-19(23)11-7-17/h4-11,13,26H,12,14H2,1-3H3,(H,24,25)/b13-9+. The summed E-state index contributed by atoms with van der Waals surface area (Å²) in [5.74, 6) is 0.165. The number of ether oxygens (including phenoxy) is 1. The van der Waals surface area contributed by atoms with E-state index in [-0.39, 0.29) is 0 Å². The number of allylic oxidation sites excluding steroid dienone is 2. The number of benzene rings is 2. The fourth-order valence-corrected chi connectivity index (χ4v) is 2.81. The van der Waals surface area contributed by atoms with Crippen molar-refractivity contribution in [3.63, 3.8) is 0 Å². The SMILES string of the molecule is CC(C)=CCc1c(C)ccc(/C=C/C(=O)NO)c1OCc1ccc(Br)cc1. The van der Waals surface area contributed by atoms with Crippen LogP contribution in [0.5, 0.6) is 5.75 Å². The number of carbonyl (C=O) groups excluding carboxylic acids is 1. The molecule has 0 atom stereocenters. The Hall–Kier alpha value is -2.37. The van der Waals surface area contributed by atoms with E-state index in [9.17, 15) is 4.79 Å². The van der Waals surface area contributed by atoms with E-state index in [4.69, 9.17) is 9.94 Å². The molecule has 0 aliphatic heterocycles. The fourth-order valence-electron chi connectivity index (χ4n) is 2.54. The molecule has 0 heterocycles. The summed E-state index contributed by atoms with van der Waals surface area (Å²) in [5, 5.41) is 8.71. The van der Waals surface area contributed by atoms with E-state index in [1.165, 1.54) is 11.6 Å². The van der Waals surface area contributed by atoms with Gasteiger partial charge in [-0.2, -0.15) is 0 Å². The zero-order chi connectivity index (χ0) is 19.8. The highest BCUT2D eigenvalue weighted by Gasteiger charge is 2.12. The maximum atomic E-state index is 11.4. The highest BCUT2D eigenvalue weighted by Crippen LogP contribution is 2.30. The van der Waals surface area contributed by atoms with Crippen molar-refractivity contribution in [3.05, 3.63) is 80.8 Å². The van der Waals surface area contributed by atoms with Gasteiger partial charge in [-0.3, -0.25) is 10.0 Å². The molecule has 0 aliphatic carbocycles. The molecule has 0 unspecified atom stereocenters. The first-order valence-electron chi connectivity index (χ1n) is 8.66. The molecule has 2 aromatic rings. The van der Waals surface area contributed by atoms with Crippen LogP contribution in [-0.4, -0.2) is 11.1 Å². The Morgan fingerprint density at radius 2 is 1.89 bits per heavy atom. The number of hydrogen-bond acceptors (Lipinski definition) is 3. The van der Waals surface area contributed by atoms with Gasteiger partial charge in [0, 0.05) is 21.7 Å². The molecule has 1 amide bonds. The van der Waals surface area contributed by atoms with E-state index in [1.807, 2.05) is 36.4 Å². The summed E-state index contributed by atoms with van der Waals surface area (Å²) in [6, 6.07) is 11.9. The van der Waals surface area contributed by atoms with Crippen LogP contribution >= 0.6 is 15.9 Å². The number of hydrogen-bond donors (Lipinski definition) is 2. The van der Waals surface area contributed by atoms with E-state index in [1.54, 1.807) is 11.6 Å². The Morgan fingerprint density at radius 3 is 2.52 bits per heavy atom. The average Bonchev–Trinajstić information content (AvgIpc) is 2.65. The van der Waals surface area contributed by atoms with Gasteiger partial charge in [0.1, 0.15) is 12.4 Å². The van der Waals surface area contributed by atoms with E-state index in [0.717, 1.165) is 38.9 Å². The molecule has 2 N–H and O–H groups in total. The predicted molar refractivity (Wildman–Crippen MR) is 112 cm³/mol. The van der Waals surface area contributed by atoms with Crippen LogP contribution in [0.2, 0.25) is 0 Å². The van der Waals surface area contributed by atoms with Gasteiger partial charge in [0.05, 0.1) is 0 Å². The van der Waals surface area contributed by atoms with Gasteiger partial charge in [-0.1, -0.05) is 51.8 Å². The number of amides is 1. The monoisotopic (exact) mass is 429 g/mol. The van der Waals surface area contributed by atoms with Crippen molar-refractivity contribution >= 4 is 27.9 Å². The fraction of sp³-hybridized carbons (Fsp3) is 0.227. The third kappa shape index (κ3) is 6.38. The molecule has 0 fully saturated rings. The normalized spacial score (nSPS) is 10.7. The largest absolute Gasteiger partial charge is 0.488 e. The molecule has 2 rings (SSSR count). The highest BCUT2D eigenvalue weighted by atomic mass is 79.9. The van der Waals surface area contributed by atoms with Crippen molar-refractivity contribution in [2.75, 3.05) is 0 Å². The lowest BCUT2D eigenvalue weighted by molar-refractivity contribution is -0.124. The highest BCUT2D eigenvalue weighted by molar-refractivity contribution is 9.10. The van der Waals surface area contributed by atoms with Crippen molar-refractivity contribution in [3.8, 4) is 5.75 Å². The van der Waals surface area contributed by atoms with Gasteiger partial charge in [0.25, 0.3) is 5.91 Å². The summed E-state index contributed by atoms with van der Waals surface area (Å²) >= 11 is 3.43. The Labute approximate surface area is 168 Å². The second-order valence-electron chi connectivity index (χ2n) is 6.49. The summed E-state index contributed by atoms with van der Waals surface area (Å²) < 4.78 is 7.20. The van der Waals surface area contributed by atoms with Gasteiger partial charge in [-0.25, -0.2) is 5.48 Å².